The number of aryl methyl sites for hydroxylation is 1. The lowest BCUT2D eigenvalue weighted by Gasteiger charge is -2.11. The number of hydrogen-bond acceptors (Lipinski definition) is 6. The van der Waals surface area contributed by atoms with E-state index in [-0.39, 0.29) is 0 Å². The van der Waals surface area contributed by atoms with E-state index in [1.807, 2.05) is 61.5 Å². The van der Waals surface area contributed by atoms with Crippen LogP contribution in [0, 0.1) is 6.92 Å². The number of benzene rings is 2. The van der Waals surface area contributed by atoms with Crippen LogP contribution in [-0.4, -0.2) is 26.9 Å². The van der Waals surface area contributed by atoms with Gasteiger partial charge in [0.05, 0.1) is 17.8 Å². The predicted molar refractivity (Wildman–Crippen MR) is 110 cm³/mol. The lowest BCUT2D eigenvalue weighted by atomic mass is 10.2. The van der Waals surface area contributed by atoms with Gasteiger partial charge in [-0.25, -0.2) is 4.98 Å². The molecule has 0 saturated carbocycles. The highest BCUT2D eigenvalue weighted by Crippen LogP contribution is 2.30. The van der Waals surface area contributed by atoms with Crippen LogP contribution in [0.4, 0.5) is 0 Å². The van der Waals surface area contributed by atoms with Crippen molar-refractivity contribution >= 4 is 23.1 Å². The molecule has 0 aliphatic rings. The Kier molecular flexibility index (Phi) is 5.22. The van der Waals surface area contributed by atoms with Crippen molar-refractivity contribution < 1.29 is 4.74 Å². The summed E-state index contributed by atoms with van der Waals surface area (Å²) >= 11 is 3.30. The molecule has 0 bridgehead atoms. The molecule has 136 valence electrons. The van der Waals surface area contributed by atoms with Crippen molar-refractivity contribution in [1.82, 2.24) is 19.7 Å². The smallest absolute Gasteiger partial charge is 0.196 e. The van der Waals surface area contributed by atoms with Crippen LogP contribution in [0.2, 0.25) is 0 Å². The molecule has 0 radical (unpaired) electrons. The van der Waals surface area contributed by atoms with Crippen molar-refractivity contribution in [1.29, 1.82) is 0 Å². The lowest BCUT2D eigenvalue weighted by molar-refractivity contribution is 0.414. The molecular weight excluding hydrogens is 376 g/mol. The molecule has 0 aliphatic heterocycles. The van der Waals surface area contributed by atoms with Gasteiger partial charge in [-0.2, -0.15) is 0 Å². The number of methoxy groups -OCH3 is 1. The maximum absolute atomic E-state index is 5.29. The Morgan fingerprint density at radius 1 is 1.04 bits per heavy atom. The summed E-state index contributed by atoms with van der Waals surface area (Å²) in [7, 11) is 1.67. The first-order valence-electron chi connectivity index (χ1n) is 8.43. The Morgan fingerprint density at radius 2 is 1.81 bits per heavy atom. The average Bonchev–Trinajstić information content (AvgIpc) is 3.33. The maximum atomic E-state index is 5.29. The molecule has 2 aromatic heterocycles. The lowest BCUT2D eigenvalue weighted by Crippen LogP contribution is -2.00. The summed E-state index contributed by atoms with van der Waals surface area (Å²) < 4.78 is 7.37. The van der Waals surface area contributed by atoms with E-state index in [1.54, 1.807) is 30.2 Å². The molecule has 5 nitrogen and oxygen atoms in total. The Balaban J connectivity index is 1.72. The molecular formula is C20H18N4OS2. The molecule has 0 amide bonds. The number of rotatable bonds is 6. The minimum Gasteiger partial charge on any atom is -0.497 e. The minimum absolute atomic E-state index is 0.757. The topological polar surface area (TPSA) is 52.8 Å². The van der Waals surface area contributed by atoms with Gasteiger partial charge in [-0.05, 0) is 31.2 Å². The van der Waals surface area contributed by atoms with Crippen LogP contribution < -0.4 is 4.74 Å². The summed E-state index contributed by atoms with van der Waals surface area (Å²) in [5, 5.41) is 12.9. The first-order chi connectivity index (χ1) is 13.2. The van der Waals surface area contributed by atoms with Crippen LogP contribution in [0.15, 0.2) is 65.1 Å². The van der Waals surface area contributed by atoms with Crippen molar-refractivity contribution in [2.75, 3.05) is 7.11 Å². The third-order valence-electron chi connectivity index (χ3n) is 4.01. The van der Waals surface area contributed by atoms with Crippen molar-refractivity contribution in [3.63, 3.8) is 0 Å². The summed E-state index contributed by atoms with van der Waals surface area (Å²) in [6, 6.07) is 18.0. The van der Waals surface area contributed by atoms with Gasteiger partial charge in [0.2, 0.25) is 0 Å². The van der Waals surface area contributed by atoms with Crippen LogP contribution in [0.5, 0.6) is 5.75 Å². The van der Waals surface area contributed by atoms with Gasteiger partial charge in [-0.15, -0.1) is 21.5 Å². The molecule has 7 heteroatoms. The number of thioether (sulfide) groups is 1. The normalized spacial score (nSPS) is 10.9. The molecule has 2 aromatic carbocycles. The van der Waals surface area contributed by atoms with Gasteiger partial charge in [0.15, 0.2) is 11.0 Å². The third kappa shape index (κ3) is 3.89. The highest BCUT2D eigenvalue weighted by atomic mass is 32.2. The summed E-state index contributed by atoms with van der Waals surface area (Å²) in [6.45, 7) is 2.02. The number of thiazole rings is 1. The summed E-state index contributed by atoms with van der Waals surface area (Å²) in [6.07, 6.45) is 0. The predicted octanol–water partition coefficient (Wildman–Crippen LogP) is 5.00. The van der Waals surface area contributed by atoms with Crippen molar-refractivity contribution in [2.45, 2.75) is 17.8 Å². The van der Waals surface area contributed by atoms with E-state index in [2.05, 4.69) is 25.1 Å². The molecule has 2 heterocycles. The highest BCUT2D eigenvalue weighted by molar-refractivity contribution is 7.98. The molecule has 27 heavy (non-hydrogen) atoms. The molecule has 4 aromatic rings. The maximum Gasteiger partial charge on any atom is 0.196 e. The highest BCUT2D eigenvalue weighted by Gasteiger charge is 2.16. The third-order valence-corrected chi connectivity index (χ3v) is 5.80. The van der Waals surface area contributed by atoms with Gasteiger partial charge in [0.25, 0.3) is 0 Å². The standard InChI is InChI=1S/C20H18N4OS2/c1-14-21-16(12-26-14)13-27-20-23-22-19(15-6-4-3-5-7-15)24(20)17-8-10-18(25-2)11-9-17/h3-12H,13H2,1-2H3. The molecule has 0 fully saturated rings. The van der Waals surface area contributed by atoms with Gasteiger partial charge in [-0.1, -0.05) is 42.1 Å². The van der Waals surface area contributed by atoms with Gasteiger partial charge in [0.1, 0.15) is 5.75 Å². The fourth-order valence-corrected chi connectivity index (χ4v) is 4.28. The fourth-order valence-electron chi connectivity index (χ4n) is 2.71. The quantitative estimate of drug-likeness (QED) is 0.431. The van der Waals surface area contributed by atoms with Crippen LogP contribution in [0.3, 0.4) is 0 Å². The monoisotopic (exact) mass is 394 g/mol. The number of aromatic nitrogens is 4. The Morgan fingerprint density at radius 3 is 2.48 bits per heavy atom. The first kappa shape index (κ1) is 17.8. The number of hydrogen-bond donors (Lipinski definition) is 0. The molecule has 0 N–H and O–H groups in total. The summed E-state index contributed by atoms with van der Waals surface area (Å²) in [5.41, 5.74) is 3.09. The summed E-state index contributed by atoms with van der Waals surface area (Å²) in [4.78, 5) is 4.54. The van der Waals surface area contributed by atoms with E-state index in [1.165, 1.54) is 0 Å². The minimum atomic E-state index is 0.757. The van der Waals surface area contributed by atoms with Gasteiger partial charge in [0, 0.05) is 22.4 Å². The van der Waals surface area contributed by atoms with Crippen molar-refractivity contribution in [3.8, 4) is 22.8 Å². The zero-order chi connectivity index (χ0) is 18.6. The number of nitrogens with zero attached hydrogens (tertiary/aromatic N) is 4. The second-order valence-corrected chi connectivity index (χ2v) is 7.86. The number of ether oxygens (including phenoxy) is 1. The SMILES string of the molecule is COc1ccc(-n2c(SCc3csc(C)n3)nnc2-c2ccccc2)cc1. The van der Waals surface area contributed by atoms with E-state index in [0.29, 0.717) is 0 Å². The van der Waals surface area contributed by atoms with E-state index >= 15 is 0 Å². The van der Waals surface area contributed by atoms with Crippen molar-refractivity contribution in [3.05, 3.63) is 70.7 Å². The van der Waals surface area contributed by atoms with E-state index in [4.69, 9.17) is 4.74 Å². The van der Waals surface area contributed by atoms with Gasteiger partial charge in [-0.3, -0.25) is 4.57 Å². The fraction of sp³-hybridized carbons (Fsp3) is 0.150. The Labute approximate surface area is 166 Å². The van der Waals surface area contributed by atoms with E-state index < -0.39 is 0 Å². The average molecular weight is 395 g/mol. The molecule has 4 rings (SSSR count). The van der Waals surface area contributed by atoms with Crippen LogP contribution in [0.1, 0.15) is 10.7 Å². The first-order valence-corrected chi connectivity index (χ1v) is 10.3. The molecule has 0 unspecified atom stereocenters. The second-order valence-electron chi connectivity index (χ2n) is 5.85. The summed E-state index contributed by atoms with van der Waals surface area (Å²) in [5.74, 6) is 2.39. The van der Waals surface area contributed by atoms with Gasteiger partial charge < -0.3 is 4.74 Å². The zero-order valence-corrected chi connectivity index (χ0v) is 16.6. The molecule has 0 atom stereocenters. The largest absolute Gasteiger partial charge is 0.497 e. The Bertz CT molecular complexity index is 1030. The van der Waals surface area contributed by atoms with Crippen LogP contribution in [0.25, 0.3) is 17.1 Å². The van der Waals surface area contributed by atoms with Crippen LogP contribution >= 0.6 is 23.1 Å². The van der Waals surface area contributed by atoms with Crippen LogP contribution in [-0.2, 0) is 5.75 Å². The van der Waals surface area contributed by atoms with Gasteiger partial charge >= 0.3 is 0 Å². The molecule has 0 aliphatic carbocycles. The zero-order valence-electron chi connectivity index (χ0n) is 15.0. The molecule has 0 spiro atoms. The second kappa shape index (κ2) is 7.94. The molecule has 0 saturated heterocycles. The van der Waals surface area contributed by atoms with E-state index in [9.17, 15) is 0 Å². The van der Waals surface area contributed by atoms with Crippen molar-refractivity contribution in [2.24, 2.45) is 0 Å². The Hall–Kier alpha value is -2.64. The van der Waals surface area contributed by atoms with E-state index in [0.717, 1.165) is 44.4 Å².